The van der Waals surface area contributed by atoms with E-state index in [-0.39, 0.29) is 29.9 Å². The van der Waals surface area contributed by atoms with E-state index >= 15 is 0 Å². The van der Waals surface area contributed by atoms with Gasteiger partial charge in [-0.1, -0.05) is 13.8 Å². The molecule has 0 saturated heterocycles. The number of likely N-dealkylation sites (N-methyl/N-ethyl adjacent to an activating group) is 1. The molecule has 1 aromatic heterocycles. The number of aromatic nitrogens is 2. The van der Waals surface area contributed by atoms with Crippen molar-refractivity contribution in [2.45, 2.75) is 52.3 Å². The second kappa shape index (κ2) is 12.6. The minimum Gasteiger partial charge on any atom is -0.491 e. The first kappa shape index (κ1) is 26.6. The van der Waals surface area contributed by atoms with Crippen molar-refractivity contribution < 1.29 is 19.1 Å². The van der Waals surface area contributed by atoms with Crippen LogP contribution in [0, 0.1) is 5.92 Å². The Kier molecular flexibility index (Phi) is 9.56. The number of nitrogens with zero attached hydrogens (tertiary/aromatic N) is 4. The molecular formula is C26H37N5O4. The van der Waals surface area contributed by atoms with Gasteiger partial charge in [-0.05, 0) is 37.5 Å². The summed E-state index contributed by atoms with van der Waals surface area (Å²) in [6.45, 7) is 8.45. The third-order valence-corrected chi connectivity index (χ3v) is 6.33. The second-order valence-corrected chi connectivity index (χ2v) is 9.28. The van der Waals surface area contributed by atoms with Gasteiger partial charge in [0.25, 0.3) is 5.91 Å². The number of amides is 2. The molecule has 190 valence electrons. The van der Waals surface area contributed by atoms with E-state index in [2.05, 4.69) is 34.0 Å². The molecule has 1 aromatic carbocycles. The fourth-order valence-electron chi connectivity index (χ4n) is 4.25. The highest BCUT2D eigenvalue weighted by Gasteiger charge is 2.28. The standard InChI is InChI=1S/C26H37N5O4/c1-6-7-25(32)29-21-8-9-23-22(10-21)26(33)30(4)15-24(34-5)18(2)13-31(19(3)16-35-23)14-20-11-27-17-28-12-20/h8-12,17-19,24H,6-7,13-16H2,1-5H3,(H,29,32)/t18-,19-,24-/m0/s1. The van der Waals surface area contributed by atoms with Gasteiger partial charge in [0.05, 0.1) is 11.7 Å². The predicted octanol–water partition coefficient (Wildman–Crippen LogP) is 3.22. The van der Waals surface area contributed by atoms with E-state index in [0.717, 1.165) is 18.5 Å². The number of carbonyl (C=O) groups is 2. The van der Waals surface area contributed by atoms with Crippen molar-refractivity contribution in [3.63, 3.8) is 0 Å². The van der Waals surface area contributed by atoms with E-state index in [9.17, 15) is 9.59 Å². The van der Waals surface area contributed by atoms with E-state index in [1.807, 2.05) is 19.3 Å². The van der Waals surface area contributed by atoms with E-state index in [1.54, 1.807) is 37.3 Å². The van der Waals surface area contributed by atoms with Crippen molar-refractivity contribution >= 4 is 17.5 Å². The Labute approximate surface area is 207 Å². The minimum atomic E-state index is -0.174. The summed E-state index contributed by atoms with van der Waals surface area (Å²) in [6, 6.07) is 5.28. The van der Waals surface area contributed by atoms with Gasteiger partial charge < -0.3 is 19.7 Å². The molecule has 2 aromatic rings. The third-order valence-electron chi connectivity index (χ3n) is 6.33. The number of anilines is 1. The summed E-state index contributed by atoms with van der Waals surface area (Å²) < 4.78 is 12.0. The van der Waals surface area contributed by atoms with Gasteiger partial charge >= 0.3 is 0 Å². The first-order valence-corrected chi connectivity index (χ1v) is 12.1. The molecule has 1 aliphatic rings. The lowest BCUT2D eigenvalue weighted by atomic mass is 10.0. The molecule has 3 rings (SSSR count). The Morgan fingerprint density at radius 2 is 1.97 bits per heavy atom. The molecule has 9 heteroatoms. The summed E-state index contributed by atoms with van der Waals surface area (Å²) in [7, 11) is 3.45. The van der Waals surface area contributed by atoms with Crippen molar-refractivity contribution in [2.24, 2.45) is 5.92 Å². The number of ether oxygens (including phenoxy) is 2. The maximum atomic E-state index is 13.4. The fourth-order valence-corrected chi connectivity index (χ4v) is 4.25. The van der Waals surface area contributed by atoms with Crippen LogP contribution in [0.15, 0.2) is 36.9 Å². The zero-order chi connectivity index (χ0) is 25.4. The lowest BCUT2D eigenvalue weighted by molar-refractivity contribution is -0.116. The Hall–Kier alpha value is -3.04. The van der Waals surface area contributed by atoms with E-state index < -0.39 is 0 Å². The average molecular weight is 484 g/mol. The van der Waals surface area contributed by atoms with Gasteiger partial charge in [-0.15, -0.1) is 0 Å². The minimum absolute atomic E-state index is 0.0548. The molecule has 1 N–H and O–H groups in total. The van der Waals surface area contributed by atoms with Crippen molar-refractivity contribution in [3.05, 3.63) is 48.0 Å². The summed E-state index contributed by atoms with van der Waals surface area (Å²) in [5.41, 5.74) is 2.02. The largest absolute Gasteiger partial charge is 0.491 e. The molecule has 0 radical (unpaired) electrons. The van der Waals surface area contributed by atoms with Crippen molar-refractivity contribution in [2.75, 3.05) is 39.2 Å². The maximum absolute atomic E-state index is 13.4. The van der Waals surface area contributed by atoms with Crippen LogP contribution in [0.1, 0.15) is 49.5 Å². The highest BCUT2D eigenvalue weighted by molar-refractivity contribution is 5.99. The molecule has 2 heterocycles. The highest BCUT2D eigenvalue weighted by Crippen LogP contribution is 2.27. The van der Waals surface area contributed by atoms with E-state index in [4.69, 9.17) is 9.47 Å². The van der Waals surface area contributed by atoms with Crippen molar-refractivity contribution in [3.8, 4) is 5.75 Å². The Balaban J connectivity index is 1.92. The summed E-state index contributed by atoms with van der Waals surface area (Å²) in [5, 5.41) is 2.87. The van der Waals surface area contributed by atoms with Gasteiger partial charge in [0.1, 0.15) is 18.7 Å². The number of carbonyl (C=O) groups excluding carboxylic acids is 2. The van der Waals surface area contributed by atoms with Crippen LogP contribution in [0.4, 0.5) is 5.69 Å². The van der Waals surface area contributed by atoms with E-state index in [1.165, 1.54) is 6.33 Å². The van der Waals surface area contributed by atoms with Crippen LogP contribution in [0.25, 0.3) is 0 Å². The van der Waals surface area contributed by atoms with Crippen molar-refractivity contribution in [1.29, 1.82) is 0 Å². The van der Waals surface area contributed by atoms with Gasteiger partial charge in [0.2, 0.25) is 5.91 Å². The lowest BCUT2D eigenvalue weighted by Crippen LogP contribution is -2.46. The van der Waals surface area contributed by atoms with E-state index in [0.29, 0.717) is 43.1 Å². The number of nitrogens with one attached hydrogen (secondary N) is 1. The molecule has 0 spiro atoms. The maximum Gasteiger partial charge on any atom is 0.257 e. The number of benzene rings is 1. The van der Waals surface area contributed by atoms with Gasteiger partial charge in [0, 0.05) is 69.9 Å². The summed E-state index contributed by atoms with van der Waals surface area (Å²) in [4.78, 5) is 37.8. The molecule has 0 bridgehead atoms. The molecule has 3 atom stereocenters. The molecule has 9 nitrogen and oxygen atoms in total. The van der Waals surface area contributed by atoms with Crippen LogP contribution in [0.5, 0.6) is 5.75 Å². The molecule has 2 amide bonds. The fraction of sp³-hybridized carbons (Fsp3) is 0.538. The average Bonchev–Trinajstić information content (AvgIpc) is 2.85. The topological polar surface area (TPSA) is 96.9 Å². The first-order valence-electron chi connectivity index (χ1n) is 12.1. The first-order chi connectivity index (χ1) is 16.8. The molecule has 0 saturated carbocycles. The van der Waals surface area contributed by atoms with Crippen molar-refractivity contribution in [1.82, 2.24) is 19.8 Å². The molecule has 0 unspecified atom stereocenters. The molecule has 35 heavy (non-hydrogen) atoms. The number of hydrogen-bond donors (Lipinski definition) is 1. The number of methoxy groups -OCH3 is 1. The summed E-state index contributed by atoms with van der Waals surface area (Å²) in [5.74, 6) is 0.394. The van der Waals surface area contributed by atoms with Crippen LogP contribution in [-0.2, 0) is 16.1 Å². The van der Waals surface area contributed by atoms with Crippen LogP contribution < -0.4 is 10.1 Å². The Morgan fingerprint density at radius 1 is 1.23 bits per heavy atom. The van der Waals surface area contributed by atoms with Gasteiger partial charge in [-0.2, -0.15) is 0 Å². The normalized spacial score (nSPS) is 21.9. The summed E-state index contributed by atoms with van der Waals surface area (Å²) in [6.07, 6.45) is 6.20. The SMILES string of the molecule is CCCC(=O)Nc1ccc2c(c1)C(=O)N(C)C[C@H](OC)[C@@H](C)CN(Cc1cncnc1)[C@@H](C)CO2. The zero-order valence-corrected chi connectivity index (χ0v) is 21.4. The van der Waals surface area contributed by atoms with Crippen LogP contribution >= 0.6 is 0 Å². The Morgan fingerprint density at radius 3 is 2.66 bits per heavy atom. The molecule has 0 aliphatic carbocycles. The Bertz CT molecular complexity index is 987. The van der Waals surface area contributed by atoms with Crippen LogP contribution in [-0.4, -0.2) is 77.6 Å². The quantitative estimate of drug-likeness (QED) is 0.674. The summed E-state index contributed by atoms with van der Waals surface area (Å²) >= 11 is 0. The zero-order valence-electron chi connectivity index (χ0n) is 21.4. The van der Waals surface area contributed by atoms with Gasteiger partial charge in [-0.25, -0.2) is 9.97 Å². The van der Waals surface area contributed by atoms with Crippen LogP contribution in [0.3, 0.4) is 0 Å². The van der Waals surface area contributed by atoms with Crippen LogP contribution in [0.2, 0.25) is 0 Å². The lowest BCUT2D eigenvalue weighted by Gasteiger charge is -2.36. The highest BCUT2D eigenvalue weighted by atomic mass is 16.5. The predicted molar refractivity (Wildman–Crippen MR) is 134 cm³/mol. The second-order valence-electron chi connectivity index (χ2n) is 9.28. The van der Waals surface area contributed by atoms with Gasteiger partial charge in [0.15, 0.2) is 0 Å². The molecule has 0 fully saturated rings. The molecule has 1 aliphatic heterocycles. The molecular weight excluding hydrogens is 446 g/mol. The number of hydrogen-bond acceptors (Lipinski definition) is 7. The third kappa shape index (κ3) is 7.22. The number of rotatable bonds is 6. The number of fused-ring (bicyclic) bond motifs is 1. The monoisotopic (exact) mass is 483 g/mol. The van der Waals surface area contributed by atoms with Gasteiger partial charge in [-0.3, -0.25) is 14.5 Å². The smallest absolute Gasteiger partial charge is 0.257 e.